The molecule has 196 valence electrons. The zero-order chi connectivity index (χ0) is 26.4. The van der Waals surface area contributed by atoms with Crippen LogP contribution in [0.15, 0.2) is 71.3 Å². The summed E-state index contributed by atoms with van der Waals surface area (Å²) in [5.74, 6) is -0.133. The van der Waals surface area contributed by atoms with E-state index >= 15 is 0 Å². The van der Waals surface area contributed by atoms with Crippen molar-refractivity contribution in [2.75, 3.05) is 19.7 Å². The predicted molar refractivity (Wildman–Crippen MR) is 139 cm³/mol. The summed E-state index contributed by atoms with van der Waals surface area (Å²) in [5, 5.41) is 0. The van der Waals surface area contributed by atoms with Crippen LogP contribution in [0.2, 0.25) is 0 Å². The molecule has 6 nitrogen and oxygen atoms in total. The first-order chi connectivity index (χ1) is 17.7. The van der Waals surface area contributed by atoms with Crippen LogP contribution in [0.25, 0.3) is 0 Å². The zero-order valence-corrected chi connectivity index (χ0v) is 21.8. The van der Waals surface area contributed by atoms with Gasteiger partial charge in [-0.3, -0.25) is 9.59 Å². The molecule has 1 aromatic heterocycles. The van der Waals surface area contributed by atoms with E-state index in [1.165, 1.54) is 12.1 Å². The summed E-state index contributed by atoms with van der Waals surface area (Å²) >= 11 is 0. The molecular weight excluding hydrogens is 471 g/mol. The Kier molecular flexibility index (Phi) is 8.44. The highest BCUT2D eigenvalue weighted by atomic mass is 19.1. The van der Waals surface area contributed by atoms with Gasteiger partial charge in [0.2, 0.25) is 5.91 Å². The molecule has 0 bridgehead atoms. The lowest BCUT2D eigenvalue weighted by atomic mass is 9.86. The molecule has 2 aromatic carbocycles. The first-order valence-electron chi connectivity index (χ1n) is 12.7. The fourth-order valence-electron chi connectivity index (χ4n) is 4.45. The third-order valence-corrected chi connectivity index (χ3v) is 6.63. The van der Waals surface area contributed by atoms with Gasteiger partial charge in [-0.2, -0.15) is 0 Å². The number of carbonyl (C=O) groups is 2. The second kappa shape index (κ2) is 11.7. The van der Waals surface area contributed by atoms with Gasteiger partial charge in [-0.15, -0.1) is 0 Å². The minimum Gasteiger partial charge on any atom is -0.467 e. The number of nitrogens with zero attached hydrogens (tertiary/aromatic N) is 2. The highest BCUT2D eigenvalue weighted by Crippen LogP contribution is 2.23. The molecule has 1 aliphatic heterocycles. The molecule has 0 radical (unpaired) electrons. The molecule has 4 rings (SSSR count). The molecule has 2 heterocycles. The number of ether oxygens (including phenoxy) is 1. The highest BCUT2D eigenvalue weighted by molar-refractivity contribution is 5.96. The average molecular weight is 507 g/mol. The molecule has 1 atom stereocenters. The van der Waals surface area contributed by atoms with Crippen molar-refractivity contribution in [2.24, 2.45) is 0 Å². The Morgan fingerprint density at radius 3 is 2.30 bits per heavy atom. The van der Waals surface area contributed by atoms with Crippen LogP contribution in [0.3, 0.4) is 0 Å². The van der Waals surface area contributed by atoms with E-state index in [2.05, 4.69) is 20.8 Å². The number of furan rings is 1. The minimum atomic E-state index is -0.335. The Balaban J connectivity index is 1.55. The SMILES string of the molecule is CC(C)(C)c1ccc(C(=O)N(CC(=O)N(Cc2ccc(F)cc2)Cc2ccco2)CC2CCCO2)cc1. The van der Waals surface area contributed by atoms with Gasteiger partial charge in [0.25, 0.3) is 5.91 Å². The fraction of sp³-hybridized carbons (Fsp3) is 0.400. The van der Waals surface area contributed by atoms with Crippen LogP contribution >= 0.6 is 0 Å². The quantitative estimate of drug-likeness (QED) is 0.381. The van der Waals surface area contributed by atoms with Gasteiger partial charge in [0.1, 0.15) is 18.1 Å². The van der Waals surface area contributed by atoms with Crippen LogP contribution in [0.5, 0.6) is 0 Å². The molecule has 0 N–H and O–H groups in total. The summed E-state index contributed by atoms with van der Waals surface area (Å²) in [6.45, 7) is 7.80. The number of hydrogen-bond acceptors (Lipinski definition) is 4. The van der Waals surface area contributed by atoms with Crippen LogP contribution in [-0.4, -0.2) is 47.4 Å². The van der Waals surface area contributed by atoms with Gasteiger partial charge in [0, 0.05) is 25.3 Å². The Morgan fingerprint density at radius 2 is 1.70 bits per heavy atom. The molecule has 1 fully saturated rings. The summed E-state index contributed by atoms with van der Waals surface area (Å²) < 4.78 is 24.7. The zero-order valence-electron chi connectivity index (χ0n) is 21.8. The van der Waals surface area contributed by atoms with E-state index < -0.39 is 0 Å². The second-order valence-electron chi connectivity index (χ2n) is 10.6. The van der Waals surface area contributed by atoms with Crippen LogP contribution in [-0.2, 0) is 28.0 Å². The van der Waals surface area contributed by atoms with Gasteiger partial charge < -0.3 is 19.0 Å². The molecule has 1 unspecified atom stereocenters. The standard InChI is InChI=1S/C30H35FN2O4/c1-30(2,3)24-12-10-23(11-13-24)29(35)33(20-27-7-5-17-37-27)21-28(34)32(19-26-6-4-16-36-26)18-22-8-14-25(31)15-9-22/h4,6,8-16,27H,5,7,17-21H2,1-3H3. The lowest BCUT2D eigenvalue weighted by Gasteiger charge is -2.29. The normalized spacial score (nSPS) is 15.5. The Hall–Kier alpha value is -3.45. The van der Waals surface area contributed by atoms with E-state index in [4.69, 9.17) is 9.15 Å². The summed E-state index contributed by atoms with van der Waals surface area (Å²) in [6, 6.07) is 17.2. The Labute approximate surface area is 218 Å². The van der Waals surface area contributed by atoms with Crippen molar-refractivity contribution in [1.82, 2.24) is 9.80 Å². The van der Waals surface area contributed by atoms with E-state index in [9.17, 15) is 14.0 Å². The van der Waals surface area contributed by atoms with Crippen molar-refractivity contribution in [2.45, 2.75) is 58.2 Å². The smallest absolute Gasteiger partial charge is 0.254 e. The van der Waals surface area contributed by atoms with Crippen molar-refractivity contribution >= 4 is 11.8 Å². The van der Waals surface area contributed by atoms with Crippen molar-refractivity contribution in [3.8, 4) is 0 Å². The molecule has 2 amide bonds. The second-order valence-corrected chi connectivity index (χ2v) is 10.6. The number of benzene rings is 2. The molecule has 1 aliphatic rings. The van der Waals surface area contributed by atoms with Crippen LogP contribution in [0, 0.1) is 5.82 Å². The third kappa shape index (κ3) is 7.29. The Morgan fingerprint density at radius 1 is 0.973 bits per heavy atom. The van der Waals surface area contributed by atoms with Gasteiger partial charge in [0.15, 0.2) is 0 Å². The molecule has 0 spiro atoms. The number of carbonyl (C=O) groups excluding carboxylic acids is 2. The fourth-order valence-corrected chi connectivity index (χ4v) is 4.45. The van der Waals surface area contributed by atoms with E-state index in [0.717, 1.165) is 24.0 Å². The van der Waals surface area contributed by atoms with E-state index in [-0.39, 0.29) is 48.8 Å². The average Bonchev–Trinajstić information content (AvgIpc) is 3.58. The minimum absolute atomic E-state index is 0.0262. The highest BCUT2D eigenvalue weighted by Gasteiger charge is 2.28. The van der Waals surface area contributed by atoms with Crippen LogP contribution in [0.1, 0.15) is 60.9 Å². The molecule has 37 heavy (non-hydrogen) atoms. The largest absolute Gasteiger partial charge is 0.467 e. The maximum atomic E-state index is 13.6. The molecular formula is C30H35FN2O4. The third-order valence-electron chi connectivity index (χ3n) is 6.63. The lowest BCUT2D eigenvalue weighted by Crippen LogP contribution is -2.45. The van der Waals surface area contributed by atoms with E-state index in [0.29, 0.717) is 24.5 Å². The summed E-state index contributed by atoms with van der Waals surface area (Å²) in [4.78, 5) is 30.4. The maximum Gasteiger partial charge on any atom is 0.254 e. The molecule has 3 aromatic rings. The van der Waals surface area contributed by atoms with Gasteiger partial charge >= 0.3 is 0 Å². The van der Waals surface area contributed by atoms with Gasteiger partial charge in [-0.1, -0.05) is 45.0 Å². The van der Waals surface area contributed by atoms with Crippen molar-refractivity contribution in [3.05, 3.63) is 95.2 Å². The Bertz CT molecular complexity index is 1160. The predicted octanol–water partition coefficient (Wildman–Crippen LogP) is 5.57. The molecule has 0 saturated carbocycles. The van der Waals surface area contributed by atoms with Crippen LogP contribution in [0.4, 0.5) is 4.39 Å². The monoisotopic (exact) mass is 506 g/mol. The maximum absolute atomic E-state index is 13.6. The lowest BCUT2D eigenvalue weighted by molar-refractivity contribution is -0.133. The number of amides is 2. The molecule has 0 aliphatic carbocycles. The van der Waals surface area contributed by atoms with Gasteiger partial charge in [-0.05, 0) is 65.8 Å². The number of halogens is 1. The summed E-state index contributed by atoms with van der Waals surface area (Å²) in [7, 11) is 0. The summed E-state index contributed by atoms with van der Waals surface area (Å²) in [6.07, 6.45) is 3.26. The topological polar surface area (TPSA) is 63.0 Å². The first-order valence-corrected chi connectivity index (χ1v) is 12.7. The van der Waals surface area contributed by atoms with Crippen molar-refractivity contribution < 1.29 is 23.1 Å². The van der Waals surface area contributed by atoms with Crippen molar-refractivity contribution in [1.29, 1.82) is 0 Å². The van der Waals surface area contributed by atoms with Crippen LogP contribution < -0.4 is 0 Å². The first kappa shape index (κ1) is 26.6. The van der Waals surface area contributed by atoms with Gasteiger partial charge in [-0.25, -0.2) is 4.39 Å². The van der Waals surface area contributed by atoms with Gasteiger partial charge in [0.05, 0.1) is 18.9 Å². The number of hydrogen-bond donors (Lipinski definition) is 0. The number of rotatable bonds is 9. The van der Waals surface area contributed by atoms with E-state index in [1.807, 2.05) is 24.3 Å². The molecule has 7 heteroatoms. The van der Waals surface area contributed by atoms with Crippen molar-refractivity contribution in [3.63, 3.8) is 0 Å². The summed E-state index contributed by atoms with van der Waals surface area (Å²) in [5.41, 5.74) is 2.43. The van der Waals surface area contributed by atoms with E-state index in [1.54, 1.807) is 40.3 Å². The molecule has 1 saturated heterocycles.